The molecular formula is C20H27N5S. The van der Waals surface area contributed by atoms with Gasteiger partial charge in [0.2, 0.25) is 0 Å². The highest BCUT2D eigenvalue weighted by Gasteiger charge is 2.24. The van der Waals surface area contributed by atoms with Gasteiger partial charge in [0, 0.05) is 62.0 Å². The number of aryl methyl sites for hydroxylation is 4. The van der Waals surface area contributed by atoms with Crippen molar-refractivity contribution in [2.45, 2.75) is 45.3 Å². The number of benzene rings is 1. The molecule has 0 spiro atoms. The van der Waals surface area contributed by atoms with Crippen LogP contribution < -0.4 is 4.90 Å². The molecule has 5 nitrogen and oxygen atoms in total. The highest BCUT2D eigenvalue weighted by atomic mass is 32.2. The molecule has 0 amide bonds. The monoisotopic (exact) mass is 369 g/mol. The molecule has 4 rings (SSSR count). The minimum atomic E-state index is 0.595. The number of aromatic nitrogens is 4. The highest BCUT2D eigenvalue weighted by Crippen LogP contribution is 2.35. The lowest BCUT2D eigenvalue weighted by molar-refractivity contribution is 0.582. The van der Waals surface area contributed by atoms with E-state index in [9.17, 15) is 0 Å². The summed E-state index contributed by atoms with van der Waals surface area (Å²) in [5.74, 6) is 2.29. The first kappa shape index (κ1) is 17.5. The quantitative estimate of drug-likeness (QED) is 0.665. The normalized spacial score (nSPS) is 17.0. The lowest BCUT2D eigenvalue weighted by atomic mass is 9.96. The molecule has 138 valence electrons. The molecule has 1 aromatic carbocycles. The minimum Gasteiger partial charge on any atom is -0.372 e. The summed E-state index contributed by atoms with van der Waals surface area (Å²) in [7, 11) is 2.21. The van der Waals surface area contributed by atoms with Gasteiger partial charge in [-0.15, -0.1) is 0 Å². The van der Waals surface area contributed by atoms with Crippen molar-refractivity contribution in [2.75, 3.05) is 24.0 Å². The van der Waals surface area contributed by atoms with Crippen LogP contribution in [0, 0.1) is 0 Å². The van der Waals surface area contributed by atoms with Crippen LogP contribution in [0.3, 0.4) is 0 Å². The first-order valence-corrected chi connectivity index (χ1v) is 10.8. The number of anilines is 1. The molecule has 0 fully saturated rings. The van der Waals surface area contributed by atoms with Crippen LogP contribution in [-0.4, -0.2) is 44.4 Å². The van der Waals surface area contributed by atoms with Gasteiger partial charge in [-0.25, -0.2) is 4.98 Å². The average Bonchev–Trinajstić information content (AvgIpc) is 3.28. The van der Waals surface area contributed by atoms with E-state index in [0.29, 0.717) is 6.04 Å². The summed E-state index contributed by atoms with van der Waals surface area (Å²) in [4.78, 5) is 7.53. The van der Waals surface area contributed by atoms with Crippen LogP contribution in [0.1, 0.15) is 24.7 Å². The van der Waals surface area contributed by atoms with Crippen LogP contribution in [0.5, 0.6) is 0 Å². The number of nitrogens with zero attached hydrogens (tertiary/aromatic N) is 5. The molecule has 1 unspecified atom stereocenters. The Bertz CT molecular complexity index is 883. The maximum absolute atomic E-state index is 5.12. The smallest absolute Gasteiger partial charge is 0.111 e. The number of fused-ring (bicyclic) bond motifs is 3. The molecule has 0 radical (unpaired) electrons. The number of rotatable bonds is 6. The van der Waals surface area contributed by atoms with E-state index >= 15 is 0 Å². The van der Waals surface area contributed by atoms with Gasteiger partial charge < -0.3 is 9.47 Å². The predicted octanol–water partition coefficient (Wildman–Crippen LogP) is 3.61. The maximum Gasteiger partial charge on any atom is 0.111 e. The topological polar surface area (TPSA) is 38.9 Å². The zero-order valence-corrected chi connectivity index (χ0v) is 16.7. The Balaban J connectivity index is 1.74. The van der Waals surface area contributed by atoms with Crippen LogP contribution >= 0.6 is 11.8 Å². The summed E-state index contributed by atoms with van der Waals surface area (Å²) in [5, 5.41) is 4.33. The predicted molar refractivity (Wildman–Crippen MR) is 110 cm³/mol. The first-order chi connectivity index (χ1) is 12.7. The van der Waals surface area contributed by atoms with Gasteiger partial charge in [0.25, 0.3) is 0 Å². The van der Waals surface area contributed by atoms with Crippen LogP contribution in [0.2, 0.25) is 0 Å². The lowest BCUT2D eigenvalue weighted by Crippen LogP contribution is -2.33. The second-order valence-electron chi connectivity index (χ2n) is 7.12. The van der Waals surface area contributed by atoms with Crippen molar-refractivity contribution in [3.63, 3.8) is 0 Å². The molecule has 0 saturated heterocycles. The van der Waals surface area contributed by atoms with Gasteiger partial charge in [-0.2, -0.15) is 16.9 Å². The summed E-state index contributed by atoms with van der Waals surface area (Å²) in [6, 6.07) is 7.14. The Morgan fingerprint density at radius 3 is 2.92 bits per heavy atom. The number of thioether (sulfide) groups is 1. The minimum absolute atomic E-state index is 0.595. The third kappa shape index (κ3) is 3.11. The van der Waals surface area contributed by atoms with Crippen LogP contribution in [0.15, 0.2) is 30.6 Å². The van der Waals surface area contributed by atoms with Gasteiger partial charge in [0.05, 0.1) is 11.0 Å². The van der Waals surface area contributed by atoms with Crippen molar-refractivity contribution in [1.82, 2.24) is 19.3 Å². The Hall–Kier alpha value is -1.95. The zero-order valence-electron chi connectivity index (χ0n) is 15.9. The van der Waals surface area contributed by atoms with E-state index in [1.54, 1.807) is 0 Å². The van der Waals surface area contributed by atoms with Crippen LogP contribution in [0.25, 0.3) is 11.0 Å². The van der Waals surface area contributed by atoms with E-state index in [2.05, 4.69) is 46.9 Å². The van der Waals surface area contributed by atoms with Gasteiger partial charge in [-0.1, -0.05) is 0 Å². The Morgan fingerprint density at radius 2 is 2.15 bits per heavy atom. The third-order valence-corrected chi connectivity index (χ3v) is 6.17. The van der Waals surface area contributed by atoms with E-state index in [1.807, 2.05) is 34.9 Å². The average molecular weight is 370 g/mol. The molecule has 0 aliphatic carbocycles. The van der Waals surface area contributed by atoms with Crippen LogP contribution in [0.4, 0.5) is 5.69 Å². The highest BCUT2D eigenvalue weighted by molar-refractivity contribution is 7.98. The molecular weight excluding hydrogens is 342 g/mol. The van der Waals surface area contributed by atoms with E-state index in [0.717, 1.165) is 31.7 Å². The molecule has 26 heavy (non-hydrogen) atoms. The fraction of sp³-hybridized carbons (Fsp3) is 0.500. The summed E-state index contributed by atoms with van der Waals surface area (Å²) < 4.78 is 4.41. The van der Waals surface area contributed by atoms with E-state index in [1.165, 1.54) is 34.5 Å². The molecule has 1 aliphatic heterocycles. The Kier molecular flexibility index (Phi) is 4.94. The number of hydrogen-bond donors (Lipinski definition) is 0. The second-order valence-corrected chi connectivity index (χ2v) is 8.11. The number of hydrogen-bond acceptors (Lipinski definition) is 4. The summed E-state index contributed by atoms with van der Waals surface area (Å²) in [6.07, 6.45) is 9.25. The molecule has 3 aromatic rings. The fourth-order valence-corrected chi connectivity index (χ4v) is 4.28. The van der Waals surface area contributed by atoms with Crippen molar-refractivity contribution in [3.05, 3.63) is 42.0 Å². The van der Waals surface area contributed by atoms with Gasteiger partial charge in [0.15, 0.2) is 0 Å². The van der Waals surface area contributed by atoms with Crippen LogP contribution in [-0.2, 0) is 25.9 Å². The fourth-order valence-electron chi connectivity index (χ4n) is 3.92. The molecule has 3 heterocycles. The van der Waals surface area contributed by atoms with E-state index in [4.69, 9.17) is 4.98 Å². The molecule has 6 heteroatoms. The van der Waals surface area contributed by atoms with Gasteiger partial charge in [0.1, 0.15) is 5.82 Å². The van der Waals surface area contributed by atoms with E-state index < -0.39 is 0 Å². The molecule has 0 N–H and O–H groups in total. The molecule has 0 saturated carbocycles. The van der Waals surface area contributed by atoms with Crippen molar-refractivity contribution in [1.29, 1.82) is 0 Å². The van der Waals surface area contributed by atoms with Crippen molar-refractivity contribution >= 4 is 28.5 Å². The molecule has 1 atom stereocenters. The van der Waals surface area contributed by atoms with Gasteiger partial charge in [-0.05, 0) is 44.2 Å². The van der Waals surface area contributed by atoms with E-state index in [-0.39, 0.29) is 0 Å². The van der Waals surface area contributed by atoms with Gasteiger partial charge >= 0.3 is 0 Å². The Morgan fingerprint density at radius 1 is 1.27 bits per heavy atom. The molecule has 0 bridgehead atoms. The summed E-state index contributed by atoms with van der Waals surface area (Å²) >= 11 is 1.89. The Labute approximate surface area is 159 Å². The lowest BCUT2D eigenvalue weighted by Gasteiger charge is -2.33. The SMILES string of the molecule is CSCCn1c(CCn2cccn2)nc2c3c(ccc21)N(C)C(C)CC3. The largest absolute Gasteiger partial charge is 0.372 e. The second kappa shape index (κ2) is 7.35. The van der Waals surface area contributed by atoms with Crippen molar-refractivity contribution in [2.24, 2.45) is 0 Å². The van der Waals surface area contributed by atoms with Crippen molar-refractivity contribution < 1.29 is 0 Å². The maximum atomic E-state index is 5.12. The summed E-state index contributed by atoms with van der Waals surface area (Å²) in [5.41, 5.74) is 5.27. The standard InChI is InChI=1S/C20H27N5S/c1-15-5-6-16-17(23(15)2)7-8-18-20(16)22-19(25(18)13-14-26-3)9-12-24-11-4-10-21-24/h4,7-8,10-11,15H,5-6,9,12-14H2,1-3H3. The molecule has 1 aliphatic rings. The third-order valence-electron chi connectivity index (χ3n) is 5.58. The molecule has 2 aromatic heterocycles. The first-order valence-electron chi connectivity index (χ1n) is 9.39. The van der Waals surface area contributed by atoms with Gasteiger partial charge in [-0.3, -0.25) is 4.68 Å². The number of imidazole rings is 1. The zero-order chi connectivity index (χ0) is 18.1. The van der Waals surface area contributed by atoms with Crippen molar-refractivity contribution in [3.8, 4) is 0 Å². The summed E-state index contributed by atoms with van der Waals surface area (Å²) in [6.45, 7) is 4.19.